The van der Waals surface area contributed by atoms with Gasteiger partial charge in [-0.25, -0.2) is 0 Å². The molecule has 0 unspecified atom stereocenters. The normalized spacial score (nSPS) is 18.2. The van der Waals surface area contributed by atoms with E-state index >= 15 is 0 Å². The van der Waals surface area contributed by atoms with Gasteiger partial charge in [0.1, 0.15) is 11.4 Å². The lowest BCUT2D eigenvalue weighted by molar-refractivity contribution is -0.117. The van der Waals surface area contributed by atoms with E-state index in [-0.39, 0.29) is 23.0 Å². The van der Waals surface area contributed by atoms with Crippen molar-refractivity contribution < 1.29 is 9.53 Å². The molecule has 0 spiro atoms. The molecule has 29 heavy (non-hydrogen) atoms. The van der Waals surface area contributed by atoms with Crippen LogP contribution in [0, 0.1) is 0 Å². The molecule has 3 nitrogen and oxygen atoms in total. The summed E-state index contributed by atoms with van der Waals surface area (Å²) in [7, 11) is 0. The summed E-state index contributed by atoms with van der Waals surface area (Å²) < 4.78 is 6.33. The van der Waals surface area contributed by atoms with Crippen LogP contribution < -0.4 is 10.1 Å². The summed E-state index contributed by atoms with van der Waals surface area (Å²) in [6.45, 7) is 10.9. The number of rotatable bonds is 5. The first-order chi connectivity index (χ1) is 13.8. The minimum absolute atomic E-state index is 0.0414. The van der Waals surface area contributed by atoms with Crippen LogP contribution in [0.5, 0.6) is 5.75 Å². The van der Waals surface area contributed by atoms with Crippen molar-refractivity contribution in [3.63, 3.8) is 0 Å². The first kappa shape index (κ1) is 21.2. The van der Waals surface area contributed by atoms with E-state index in [1.807, 2.05) is 30.3 Å². The minimum atomic E-state index is -0.223. The number of para-hydroxylation sites is 1. The number of amides is 1. The number of carbonyl (C=O) groups excluding carboxylic acids is 1. The zero-order chi connectivity index (χ0) is 21.1. The van der Waals surface area contributed by atoms with E-state index in [4.69, 9.17) is 4.74 Å². The average Bonchev–Trinajstić information content (AvgIpc) is 2.71. The van der Waals surface area contributed by atoms with Gasteiger partial charge in [-0.3, -0.25) is 4.79 Å². The highest BCUT2D eigenvalue weighted by molar-refractivity contribution is 5.92. The monoisotopic (exact) mass is 391 g/mol. The van der Waals surface area contributed by atoms with Gasteiger partial charge in [-0.2, -0.15) is 0 Å². The highest BCUT2D eigenvalue weighted by atomic mass is 16.5. The van der Waals surface area contributed by atoms with Crippen LogP contribution in [0.2, 0.25) is 0 Å². The van der Waals surface area contributed by atoms with E-state index in [0.29, 0.717) is 0 Å². The topological polar surface area (TPSA) is 38.3 Å². The van der Waals surface area contributed by atoms with E-state index < -0.39 is 0 Å². The quantitative estimate of drug-likeness (QED) is 0.617. The molecule has 3 rings (SSSR count). The standard InChI is InChI=1S/C26H33NO2/c1-6-26(7-2)18-22(21-10-8-9-11-23(21)29-26)27-24(28)17-14-19-12-15-20(16-13-19)25(3,4)5/h8-17,22H,6-7,18H2,1-5H3,(H,27,28)/b17-14+/t22-/m0/s1. The molecule has 1 amide bonds. The molecule has 0 fully saturated rings. The van der Waals surface area contributed by atoms with Gasteiger partial charge in [0.25, 0.3) is 0 Å². The number of nitrogens with one attached hydrogen (secondary N) is 1. The Bertz CT molecular complexity index is 870. The second kappa shape index (κ2) is 8.44. The molecule has 1 aliphatic rings. The van der Waals surface area contributed by atoms with E-state index in [2.05, 4.69) is 64.2 Å². The third-order valence-corrected chi connectivity index (χ3v) is 6.01. The summed E-state index contributed by atoms with van der Waals surface area (Å²) in [5.74, 6) is 0.808. The van der Waals surface area contributed by atoms with Crippen LogP contribution in [0.3, 0.4) is 0 Å². The van der Waals surface area contributed by atoms with Crippen LogP contribution in [0.15, 0.2) is 54.6 Å². The Balaban J connectivity index is 1.73. The lowest BCUT2D eigenvalue weighted by Gasteiger charge is -2.41. The third-order valence-electron chi connectivity index (χ3n) is 6.01. The second-order valence-electron chi connectivity index (χ2n) is 9.00. The maximum Gasteiger partial charge on any atom is 0.244 e. The average molecular weight is 392 g/mol. The Hall–Kier alpha value is -2.55. The van der Waals surface area contributed by atoms with Crippen molar-refractivity contribution in [1.82, 2.24) is 5.32 Å². The predicted octanol–water partition coefficient (Wildman–Crippen LogP) is 6.20. The van der Waals surface area contributed by atoms with E-state index in [0.717, 1.165) is 36.1 Å². The fraction of sp³-hybridized carbons (Fsp3) is 0.423. The molecule has 1 atom stereocenters. The molecule has 1 N–H and O–H groups in total. The molecule has 0 aromatic heterocycles. The Morgan fingerprint density at radius 3 is 2.38 bits per heavy atom. The molecular formula is C26H33NO2. The van der Waals surface area contributed by atoms with Crippen LogP contribution in [0.25, 0.3) is 6.08 Å². The van der Waals surface area contributed by atoms with Crippen molar-refractivity contribution >= 4 is 12.0 Å². The molecule has 1 heterocycles. The third kappa shape index (κ3) is 4.90. The zero-order valence-corrected chi connectivity index (χ0v) is 18.3. The number of fused-ring (bicyclic) bond motifs is 1. The van der Waals surface area contributed by atoms with Crippen molar-refractivity contribution in [2.45, 2.75) is 70.9 Å². The molecule has 0 saturated carbocycles. The number of benzene rings is 2. The van der Waals surface area contributed by atoms with Gasteiger partial charge in [-0.1, -0.05) is 77.1 Å². The summed E-state index contributed by atoms with van der Waals surface area (Å²) in [4.78, 5) is 12.7. The molecular weight excluding hydrogens is 358 g/mol. The lowest BCUT2D eigenvalue weighted by atomic mass is 9.83. The highest BCUT2D eigenvalue weighted by Gasteiger charge is 2.38. The van der Waals surface area contributed by atoms with Gasteiger partial charge in [-0.15, -0.1) is 0 Å². The van der Waals surface area contributed by atoms with Gasteiger partial charge >= 0.3 is 0 Å². The first-order valence-corrected chi connectivity index (χ1v) is 10.6. The lowest BCUT2D eigenvalue weighted by Crippen LogP contribution is -2.44. The van der Waals surface area contributed by atoms with Crippen LogP contribution in [-0.4, -0.2) is 11.5 Å². The maximum absolute atomic E-state index is 12.7. The van der Waals surface area contributed by atoms with Gasteiger partial charge in [-0.05, 0) is 41.5 Å². The maximum atomic E-state index is 12.7. The summed E-state index contributed by atoms with van der Waals surface area (Å²) in [6, 6.07) is 16.4. The van der Waals surface area contributed by atoms with Crippen LogP contribution in [-0.2, 0) is 10.2 Å². The smallest absolute Gasteiger partial charge is 0.244 e. The van der Waals surface area contributed by atoms with Gasteiger partial charge in [0.05, 0.1) is 6.04 Å². The molecule has 0 aliphatic carbocycles. The van der Waals surface area contributed by atoms with Gasteiger partial charge < -0.3 is 10.1 Å². The SMILES string of the molecule is CCC1(CC)C[C@H](NC(=O)/C=C/c2ccc(C(C)(C)C)cc2)c2ccccc2O1. The molecule has 154 valence electrons. The Kier molecular flexibility index (Phi) is 6.16. The van der Waals surface area contributed by atoms with Crippen LogP contribution in [0.4, 0.5) is 0 Å². The molecule has 0 saturated heterocycles. The second-order valence-corrected chi connectivity index (χ2v) is 9.00. The number of hydrogen-bond acceptors (Lipinski definition) is 2. The fourth-order valence-electron chi connectivity index (χ4n) is 3.92. The molecule has 1 aliphatic heterocycles. The van der Waals surface area contributed by atoms with E-state index in [1.54, 1.807) is 6.08 Å². The molecule has 2 aromatic rings. The molecule has 2 aromatic carbocycles. The zero-order valence-electron chi connectivity index (χ0n) is 18.3. The molecule has 0 bridgehead atoms. The van der Waals surface area contributed by atoms with Gasteiger partial charge in [0.2, 0.25) is 5.91 Å². The predicted molar refractivity (Wildman–Crippen MR) is 120 cm³/mol. The van der Waals surface area contributed by atoms with Crippen molar-refractivity contribution in [2.24, 2.45) is 0 Å². The van der Waals surface area contributed by atoms with Crippen molar-refractivity contribution in [2.75, 3.05) is 0 Å². The molecule has 0 radical (unpaired) electrons. The number of ether oxygens (including phenoxy) is 1. The number of hydrogen-bond donors (Lipinski definition) is 1. The highest BCUT2D eigenvalue weighted by Crippen LogP contribution is 2.42. The van der Waals surface area contributed by atoms with Gasteiger partial charge in [0.15, 0.2) is 0 Å². The van der Waals surface area contributed by atoms with Crippen molar-refractivity contribution in [1.29, 1.82) is 0 Å². The Morgan fingerprint density at radius 2 is 1.76 bits per heavy atom. The first-order valence-electron chi connectivity index (χ1n) is 10.6. The summed E-state index contributed by atoms with van der Waals surface area (Å²) in [6.07, 6.45) is 6.13. The Morgan fingerprint density at radius 1 is 1.10 bits per heavy atom. The Labute approximate surface area is 175 Å². The number of carbonyl (C=O) groups is 1. The molecule has 3 heteroatoms. The summed E-state index contributed by atoms with van der Waals surface area (Å²) in [5, 5.41) is 3.20. The fourth-order valence-corrected chi connectivity index (χ4v) is 3.92. The van der Waals surface area contributed by atoms with Gasteiger partial charge in [0, 0.05) is 18.1 Å². The van der Waals surface area contributed by atoms with Crippen LogP contribution >= 0.6 is 0 Å². The van der Waals surface area contributed by atoms with Crippen molar-refractivity contribution in [3.05, 3.63) is 71.3 Å². The largest absolute Gasteiger partial charge is 0.487 e. The summed E-state index contributed by atoms with van der Waals surface area (Å²) in [5.41, 5.74) is 3.27. The van der Waals surface area contributed by atoms with Crippen molar-refractivity contribution in [3.8, 4) is 5.75 Å². The summed E-state index contributed by atoms with van der Waals surface area (Å²) >= 11 is 0. The minimum Gasteiger partial charge on any atom is -0.487 e. The van der Waals surface area contributed by atoms with Crippen LogP contribution in [0.1, 0.15) is 76.6 Å². The van der Waals surface area contributed by atoms with E-state index in [1.165, 1.54) is 5.56 Å². The van der Waals surface area contributed by atoms with E-state index in [9.17, 15) is 4.79 Å².